The Morgan fingerprint density at radius 3 is 1.91 bits per heavy atom. The zero-order chi connectivity index (χ0) is 23.1. The predicted molar refractivity (Wildman–Crippen MR) is 134 cm³/mol. The monoisotopic (exact) mass is 486 g/mol. The predicted octanol–water partition coefficient (Wildman–Crippen LogP) is 4.26. The highest BCUT2D eigenvalue weighted by Gasteiger charge is 2.15. The zero-order valence-corrected chi connectivity index (χ0v) is 19.6. The third-order valence-electron chi connectivity index (χ3n) is 4.28. The number of sulfonamides is 1. The molecule has 1 amide bonds. The number of thiocarbonyl (C=S) groups is 1. The van der Waals surface area contributed by atoms with Gasteiger partial charge in [-0.2, -0.15) is 0 Å². The van der Waals surface area contributed by atoms with Gasteiger partial charge in [-0.05, 0) is 79.8 Å². The number of nitrogens with one attached hydrogen (secondary N) is 3. The average molecular weight is 487 g/mol. The van der Waals surface area contributed by atoms with E-state index >= 15 is 0 Å². The van der Waals surface area contributed by atoms with Crippen LogP contribution in [-0.4, -0.2) is 24.7 Å². The molecule has 32 heavy (non-hydrogen) atoms. The summed E-state index contributed by atoms with van der Waals surface area (Å²) in [5.74, 6) is -0.200. The number of thioether (sulfide) groups is 1. The third-order valence-corrected chi connectivity index (χ3v) is 6.52. The molecule has 0 aliphatic heterocycles. The van der Waals surface area contributed by atoms with E-state index in [-0.39, 0.29) is 16.1 Å². The summed E-state index contributed by atoms with van der Waals surface area (Å²) < 4.78 is 22.6. The molecule has 0 aliphatic carbocycles. The molecule has 0 spiro atoms. The van der Waals surface area contributed by atoms with Crippen LogP contribution in [0, 0.1) is 0 Å². The summed E-state index contributed by atoms with van der Waals surface area (Å²) in [4.78, 5) is 13.4. The first-order chi connectivity index (χ1) is 15.2. The summed E-state index contributed by atoms with van der Waals surface area (Å²) in [6.07, 6.45) is 0. The molecule has 166 valence electrons. The minimum absolute atomic E-state index is 0.00919. The summed E-state index contributed by atoms with van der Waals surface area (Å²) in [6, 6.07) is 22.9. The Kier molecular flexibility index (Phi) is 7.86. The molecule has 0 bridgehead atoms. The van der Waals surface area contributed by atoms with Crippen molar-refractivity contribution in [3.8, 4) is 0 Å². The van der Waals surface area contributed by atoms with E-state index < -0.39 is 10.0 Å². The molecule has 0 saturated heterocycles. The molecule has 0 saturated carbocycles. The van der Waals surface area contributed by atoms with E-state index in [1.807, 2.05) is 54.6 Å². The van der Waals surface area contributed by atoms with Crippen LogP contribution in [0.3, 0.4) is 0 Å². The number of anilines is 3. The van der Waals surface area contributed by atoms with Gasteiger partial charge in [0.2, 0.25) is 15.9 Å². The summed E-state index contributed by atoms with van der Waals surface area (Å²) in [6.45, 7) is 1.80. The lowest BCUT2D eigenvalue weighted by Gasteiger charge is -2.13. The number of rotatable bonds is 7. The van der Waals surface area contributed by atoms with Crippen molar-refractivity contribution in [2.75, 3.05) is 16.0 Å². The Hall–Kier alpha value is -2.92. The van der Waals surface area contributed by atoms with Crippen molar-refractivity contribution in [1.29, 1.82) is 0 Å². The van der Waals surface area contributed by atoms with Crippen LogP contribution in [0.4, 0.5) is 17.1 Å². The number of amides is 1. The van der Waals surface area contributed by atoms with Gasteiger partial charge in [0.1, 0.15) is 0 Å². The molecule has 0 radical (unpaired) electrons. The lowest BCUT2D eigenvalue weighted by molar-refractivity contribution is -0.115. The zero-order valence-electron chi connectivity index (χ0n) is 17.1. The van der Waals surface area contributed by atoms with Gasteiger partial charge in [-0.25, -0.2) is 13.6 Å². The van der Waals surface area contributed by atoms with Crippen LogP contribution in [0.1, 0.15) is 6.92 Å². The van der Waals surface area contributed by atoms with E-state index in [9.17, 15) is 13.2 Å². The molecule has 7 nitrogen and oxygen atoms in total. The van der Waals surface area contributed by atoms with Crippen molar-refractivity contribution in [3.63, 3.8) is 0 Å². The van der Waals surface area contributed by atoms with E-state index in [0.717, 1.165) is 16.3 Å². The SMILES string of the molecule is C[C@H](Sc1ccc(NC(=S)Nc2ccccc2)cc1)C(=O)Nc1ccc(S(N)(=O)=O)cc1. The van der Waals surface area contributed by atoms with Crippen LogP contribution in [-0.2, 0) is 14.8 Å². The maximum Gasteiger partial charge on any atom is 0.238 e. The summed E-state index contributed by atoms with van der Waals surface area (Å²) >= 11 is 6.73. The molecular weight excluding hydrogens is 464 g/mol. The van der Waals surface area contributed by atoms with E-state index in [4.69, 9.17) is 17.4 Å². The molecule has 0 aliphatic rings. The Labute approximate surface area is 196 Å². The van der Waals surface area contributed by atoms with E-state index in [0.29, 0.717) is 10.8 Å². The van der Waals surface area contributed by atoms with Gasteiger partial charge in [0.25, 0.3) is 0 Å². The van der Waals surface area contributed by atoms with E-state index in [1.165, 1.54) is 36.0 Å². The lowest BCUT2D eigenvalue weighted by atomic mass is 10.3. The Balaban J connectivity index is 1.51. The molecule has 3 aromatic carbocycles. The van der Waals surface area contributed by atoms with Gasteiger partial charge in [0.05, 0.1) is 10.1 Å². The first-order valence-corrected chi connectivity index (χ1v) is 12.4. The van der Waals surface area contributed by atoms with E-state index in [2.05, 4.69) is 16.0 Å². The number of hydrogen-bond acceptors (Lipinski definition) is 5. The Morgan fingerprint density at radius 2 is 1.34 bits per heavy atom. The normalized spacial score (nSPS) is 11.9. The fraction of sp³-hybridized carbons (Fsp3) is 0.0909. The van der Waals surface area contributed by atoms with Crippen molar-refractivity contribution in [3.05, 3.63) is 78.9 Å². The largest absolute Gasteiger partial charge is 0.332 e. The molecule has 0 fully saturated rings. The first-order valence-electron chi connectivity index (χ1n) is 9.54. The standard InChI is InChI=1S/C22H22N4O3S3/c1-15(21(27)24-17-9-13-20(14-10-17)32(23,28)29)31-19-11-7-18(8-12-19)26-22(30)25-16-5-3-2-4-6-16/h2-15H,1H3,(H,24,27)(H2,23,28,29)(H2,25,26,30)/t15-/m0/s1. The average Bonchev–Trinajstić information content (AvgIpc) is 2.75. The molecule has 0 aromatic heterocycles. The number of carbonyl (C=O) groups is 1. The number of hydrogen-bond donors (Lipinski definition) is 4. The molecule has 5 N–H and O–H groups in total. The van der Waals surface area contributed by atoms with Gasteiger partial charge in [-0.15, -0.1) is 11.8 Å². The Bertz CT molecular complexity index is 1180. The quantitative estimate of drug-likeness (QED) is 0.291. The van der Waals surface area contributed by atoms with Crippen molar-refractivity contribution in [1.82, 2.24) is 0 Å². The smallest absolute Gasteiger partial charge is 0.238 e. The minimum Gasteiger partial charge on any atom is -0.332 e. The second kappa shape index (κ2) is 10.6. The molecule has 0 unspecified atom stereocenters. The van der Waals surface area contributed by atoms with Crippen LogP contribution >= 0.6 is 24.0 Å². The van der Waals surface area contributed by atoms with Crippen molar-refractivity contribution in [2.24, 2.45) is 5.14 Å². The maximum atomic E-state index is 12.5. The second-order valence-electron chi connectivity index (χ2n) is 6.79. The number of primary sulfonamides is 1. The van der Waals surface area contributed by atoms with Crippen LogP contribution in [0.2, 0.25) is 0 Å². The van der Waals surface area contributed by atoms with Crippen LogP contribution in [0.25, 0.3) is 0 Å². The fourth-order valence-electron chi connectivity index (χ4n) is 2.66. The van der Waals surface area contributed by atoms with Crippen molar-refractivity contribution < 1.29 is 13.2 Å². The first kappa shape index (κ1) is 23.7. The summed E-state index contributed by atoms with van der Waals surface area (Å²) in [5, 5.41) is 14.2. The molecule has 0 heterocycles. The fourth-order valence-corrected chi connectivity index (χ4v) is 4.28. The van der Waals surface area contributed by atoms with Crippen LogP contribution in [0.15, 0.2) is 88.7 Å². The molecule has 10 heteroatoms. The summed E-state index contributed by atoms with van der Waals surface area (Å²) in [5.41, 5.74) is 2.22. The van der Waals surface area contributed by atoms with Crippen molar-refractivity contribution in [2.45, 2.75) is 22.0 Å². The van der Waals surface area contributed by atoms with Gasteiger partial charge in [0, 0.05) is 22.0 Å². The van der Waals surface area contributed by atoms with Gasteiger partial charge in [-0.3, -0.25) is 4.79 Å². The topological polar surface area (TPSA) is 113 Å². The number of benzene rings is 3. The van der Waals surface area contributed by atoms with Crippen LogP contribution < -0.4 is 21.1 Å². The number of carbonyl (C=O) groups excluding carboxylic acids is 1. The van der Waals surface area contributed by atoms with Crippen LogP contribution in [0.5, 0.6) is 0 Å². The number of para-hydroxylation sites is 1. The number of nitrogens with two attached hydrogens (primary N) is 1. The lowest BCUT2D eigenvalue weighted by Crippen LogP contribution is -2.22. The molecule has 3 aromatic rings. The van der Waals surface area contributed by atoms with Gasteiger partial charge in [-0.1, -0.05) is 18.2 Å². The van der Waals surface area contributed by atoms with Gasteiger partial charge < -0.3 is 16.0 Å². The molecular formula is C22H22N4O3S3. The highest BCUT2D eigenvalue weighted by atomic mass is 32.2. The van der Waals surface area contributed by atoms with Crippen molar-refractivity contribution >= 4 is 62.1 Å². The highest BCUT2D eigenvalue weighted by Crippen LogP contribution is 2.26. The summed E-state index contributed by atoms with van der Waals surface area (Å²) in [7, 11) is -3.77. The maximum absolute atomic E-state index is 12.5. The highest BCUT2D eigenvalue weighted by molar-refractivity contribution is 8.00. The third kappa shape index (κ3) is 7.06. The molecule has 3 rings (SSSR count). The van der Waals surface area contributed by atoms with Gasteiger partial charge >= 0.3 is 0 Å². The second-order valence-corrected chi connectivity index (χ2v) is 10.2. The minimum atomic E-state index is -3.77. The van der Waals surface area contributed by atoms with E-state index in [1.54, 1.807) is 6.92 Å². The Morgan fingerprint density at radius 1 is 0.844 bits per heavy atom. The van der Waals surface area contributed by atoms with Gasteiger partial charge in [0.15, 0.2) is 5.11 Å². The molecule has 1 atom stereocenters.